The van der Waals surface area contributed by atoms with Crippen LogP contribution in [0, 0.1) is 0 Å². The van der Waals surface area contributed by atoms with Gasteiger partial charge >= 0.3 is 5.97 Å². The van der Waals surface area contributed by atoms with Gasteiger partial charge in [0.05, 0.1) is 6.42 Å². The van der Waals surface area contributed by atoms with Crippen molar-refractivity contribution in [2.45, 2.75) is 58.8 Å². The Bertz CT molecular complexity index is 694. The second-order valence-electron chi connectivity index (χ2n) is 8.57. The Morgan fingerprint density at radius 2 is 1.25 bits per heavy atom. The van der Waals surface area contributed by atoms with Crippen molar-refractivity contribution < 1.29 is 9.90 Å². The molecule has 2 aromatic rings. The Balaban J connectivity index is 2.51. The van der Waals surface area contributed by atoms with Crippen LogP contribution in [0.15, 0.2) is 42.5 Å². The highest BCUT2D eigenvalue weighted by molar-refractivity contribution is 5.71. The van der Waals surface area contributed by atoms with Crippen molar-refractivity contribution in [1.29, 1.82) is 0 Å². The van der Waals surface area contributed by atoms with Gasteiger partial charge in [-0.1, -0.05) is 84.0 Å². The van der Waals surface area contributed by atoms with Crippen LogP contribution in [0.2, 0.25) is 0 Å². The van der Waals surface area contributed by atoms with E-state index in [2.05, 4.69) is 59.7 Å². The Kier molecular flexibility index (Phi) is 4.89. The Morgan fingerprint density at radius 3 is 1.62 bits per heavy atom. The molecule has 0 saturated carbocycles. The topological polar surface area (TPSA) is 37.3 Å². The lowest BCUT2D eigenvalue weighted by atomic mass is 9.79. The fourth-order valence-electron chi connectivity index (χ4n) is 2.65. The second kappa shape index (κ2) is 6.43. The van der Waals surface area contributed by atoms with E-state index in [1.54, 1.807) is 0 Å². The summed E-state index contributed by atoms with van der Waals surface area (Å²) >= 11 is 0. The largest absolute Gasteiger partial charge is 0.481 e. The minimum Gasteiger partial charge on any atom is -0.481 e. The van der Waals surface area contributed by atoms with Crippen LogP contribution in [0.3, 0.4) is 0 Å². The third kappa shape index (κ3) is 4.47. The van der Waals surface area contributed by atoms with Gasteiger partial charge in [0.15, 0.2) is 0 Å². The summed E-state index contributed by atoms with van der Waals surface area (Å²) in [6.07, 6.45) is 0.0650. The summed E-state index contributed by atoms with van der Waals surface area (Å²) in [5, 5.41) is 8.91. The first kappa shape index (κ1) is 18.3. The summed E-state index contributed by atoms with van der Waals surface area (Å²) in [5.41, 5.74) is 5.95. The molecule has 0 heterocycles. The molecule has 2 heteroatoms. The molecule has 128 valence electrons. The minimum absolute atomic E-state index is 0.0650. The summed E-state index contributed by atoms with van der Waals surface area (Å²) in [4.78, 5) is 10.8. The third-order valence-electron chi connectivity index (χ3n) is 4.31. The molecule has 0 saturated heterocycles. The van der Waals surface area contributed by atoms with Gasteiger partial charge in [-0.2, -0.15) is 0 Å². The normalized spacial score (nSPS) is 12.2. The average molecular weight is 324 g/mol. The number of benzene rings is 2. The monoisotopic (exact) mass is 324 g/mol. The van der Waals surface area contributed by atoms with E-state index < -0.39 is 5.97 Å². The van der Waals surface area contributed by atoms with Crippen LogP contribution in [0.25, 0.3) is 11.1 Å². The van der Waals surface area contributed by atoms with E-state index in [-0.39, 0.29) is 17.3 Å². The smallest absolute Gasteiger partial charge is 0.307 e. The first-order valence-electron chi connectivity index (χ1n) is 8.44. The van der Waals surface area contributed by atoms with Gasteiger partial charge in [-0.15, -0.1) is 0 Å². The number of carboxylic acids is 1. The number of rotatable bonds is 3. The lowest BCUT2D eigenvalue weighted by Gasteiger charge is -2.26. The molecule has 2 rings (SSSR count). The van der Waals surface area contributed by atoms with Crippen LogP contribution in [0.5, 0.6) is 0 Å². The van der Waals surface area contributed by atoms with Gasteiger partial charge in [-0.3, -0.25) is 4.79 Å². The van der Waals surface area contributed by atoms with Gasteiger partial charge in [-0.25, -0.2) is 0 Å². The fourth-order valence-corrected chi connectivity index (χ4v) is 2.65. The highest BCUT2D eigenvalue weighted by Gasteiger charge is 2.20. The van der Waals surface area contributed by atoms with E-state index in [1.165, 1.54) is 16.7 Å². The van der Waals surface area contributed by atoms with Crippen molar-refractivity contribution in [2.24, 2.45) is 0 Å². The van der Waals surface area contributed by atoms with Crippen molar-refractivity contribution in [3.63, 3.8) is 0 Å². The van der Waals surface area contributed by atoms with E-state index in [0.29, 0.717) is 0 Å². The van der Waals surface area contributed by atoms with Crippen molar-refractivity contribution in [1.82, 2.24) is 0 Å². The molecule has 0 bridgehead atoms. The first-order chi connectivity index (χ1) is 11.0. The minimum atomic E-state index is -0.799. The quantitative estimate of drug-likeness (QED) is 0.800. The molecular weight excluding hydrogens is 296 g/mol. The van der Waals surface area contributed by atoms with Gasteiger partial charge in [0.1, 0.15) is 0 Å². The van der Waals surface area contributed by atoms with Gasteiger partial charge < -0.3 is 5.11 Å². The lowest BCUT2D eigenvalue weighted by Crippen LogP contribution is -2.16. The maximum Gasteiger partial charge on any atom is 0.307 e. The zero-order valence-electron chi connectivity index (χ0n) is 15.6. The molecule has 0 aromatic heterocycles. The summed E-state index contributed by atoms with van der Waals surface area (Å²) < 4.78 is 0. The Labute approximate surface area is 145 Å². The standard InChI is InChI=1S/C22H28O2/c1-21(2,3)18-12-17(13-19(14-18)22(4,5)6)16-9-7-15(8-10-16)11-20(23)24/h7-10,12-14H,11H2,1-6H3,(H,23,24). The molecule has 0 radical (unpaired) electrons. The molecule has 2 aromatic carbocycles. The van der Waals surface area contributed by atoms with Crippen LogP contribution in [0.1, 0.15) is 58.2 Å². The second-order valence-corrected chi connectivity index (χ2v) is 8.57. The van der Waals surface area contributed by atoms with Gasteiger partial charge in [0, 0.05) is 0 Å². The summed E-state index contributed by atoms with van der Waals surface area (Å²) in [6.45, 7) is 13.4. The third-order valence-corrected chi connectivity index (χ3v) is 4.31. The summed E-state index contributed by atoms with van der Waals surface area (Å²) in [7, 11) is 0. The number of carbonyl (C=O) groups is 1. The van der Waals surface area contributed by atoms with Crippen LogP contribution in [-0.2, 0) is 22.0 Å². The zero-order chi connectivity index (χ0) is 18.1. The van der Waals surface area contributed by atoms with Crippen LogP contribution < -0.4 is 0 Å². The molecule has 0 aliphatic rings. The predicted octanol–water partition coefficient (Wildman–Crippen LogP) is 5.58. The molecule has 0 aliphatic heterocycles. The molecule has 2 nitrogen and oxygen atoms in total. The fraction of sp³-hybridized carbons (Fsp3) is 0.409. The SMILES string of the molecule is CC(C)(C)c1cc(-c2ccc(CC(=O)O)cc2)cc(C(C)(C)C)c1. The Morgan fingerprint density at radius 1 is 0.792 bits per heavy atom. The van der Waals surface area contributed by atoms with E-state index in [4.69, 9.17) is 5.11 Å². The molecule has 1 N–H and O–H groups in total. The highest BCUT2D eigenvalue weighted by atomic mass is 16.4. The van der Waals surface area contributed by atoms with Gasteiger partial charge in [0.2, 0.25) is 0 Å². The maximum absolute atomic E-state index is 10.8. The van der Waals surface area contributed by atoms with E-state index >= 15 is 0 Å². The van der Waals surface area contributed by atoms with Crippen molar-refractivity contribution in [3.8, 4) is 11.1 Å². The van der Waals surface area contributed by atoms with Crippen molar-refractivity contribution >= 4 is 5.97 Å². The molecule has 0 aliphatic carbocycles. The summed E-state index contributed by atoms with van der Waals surface area (Å²) in [5.74, 6) is -0.799. The number of hydrogen-bond donors (Lipinski definition) is 1. The molecule has 0 atom stereocenters. The molecule has 0 amide bonds. The van der Waals surface area contributed by atoms with Crippen molar-refractivity contribution in [2.75, 3.05) is 0 Å². The van der Waals surface area contributed by atoms with Crippen LogP contribution >= 0.6 is 0 Å². The molecular formula is C22H28O2. The molecule has 0 unspecified atom stereocenters. The lowest BCUT2D eigenvalue weighted by molar-refractivity contribution is -0.136. The van der Waals surface area contributed by atoms with Crippen LogP contribution in [-0.4, -0.2) is 11.1 Å². The summed E-state index contributed by atoms with van der Waals surface area (Å²) in [6, 6.07) is 14.7. The average Bonchev–Trinajstić information content (AvgIpc) is 2.45. The molecule has 0 fully saturated rings. The number of hydrogen-bond acceptors (Lipinski definition) is 1. The van der Waals surface area contributed by atoms with E-state index in [9.17, 15) is 4.79 Å². The molecule has 24 heavy (non-hydrogen) atoms. The van der Waals surface area contributed by atoms with Crippen LogP contribution in [0.4, 0.5) is 0 Å². The van der Waals surface area contributed by atoms with E-state index in [0.717, 1.165) is 11.1 Å². The van der Waals surface area contributed by atoms with Gasteiger partial charge in [-0.05, 0) is 38.6 Å². The number of aliphatic carboxylic acids is 1. The molecule has 0 spiro atoms. The first-order valence-corrected chi connectivity index (χ1v) is 8.44. The van der Waals surface area contributed by atoms with Gasteiger partial charge in [0.25, 0.3) is 0 Å². The highest BCUT2D eigenvalue weighted by Crippen LogP contribution is 2.34. The zero-order valence-corrected chi connectivity index (χ0v) is 15.6. The maximum atomic E-state index is 10.8. The van der Waals surface area contributed by atoms with E-state index in [1.807, 2.05) is 24.3 Å². The Hall–Kier alpha value is -2.09. The van der Waals surface area contributed by atoms with Crippen molar-refractivity contribution in [3.05, 3.63) is 59.2 Å². The predicted molar refractivity (Wildman–Crippen MR) is 101 cm³/mol. The number of carboxylic acid groups (broad SMARTS) is 1.